The van der Waals surface area contributed by atoms with Crippen LogP contribution in [0.15, 0.2) is 24.8 Å². The maximum absolute atomic E-state index is 11.6. The third-order valence-corrected chi connectivity index (χ3v) is 2.18. The Kier molecular flexibility index (Phi) is 2.72. The van der Waals surface area contributed by atoms with Gasteiger partial charge in [0.2, 0.25) is 0 Å². The van der Waals surface area contributed by atoms with E-state index < -0.39 is 0 Å². The maximum Gasteiger partial charge on any atom is 0.254 e. The lowest BCUT2D eigenvalue weighted by Crippen LogP contribution is -2.22. The van der Waals surface area contributed by atoms with Gasteiger partial charge in [0.1, 0.15) is 0 Å². The molecule has 6 heteroatoms. The summed E-state index contributed by atoms with van der Waals surface area (Å²) < 4.78 is 3.30. The van der Waals surface area contributed by atoms with Gasteiger partial charge in [0.05, 0.1) is 18.0 Å². The average molecular weight is 219 g/mol. The second-order valence-corrected chi connectivity index (χ2v) is 3.61. The Labute approximate surface area is 92.9 Å². The number of carbonyl (C=O) groups is 1. The van der Waals surface area contributed by atoms with Crippen LogP contribution in [-0.4, -0.2) is 25.5 Å². The van der Waals surface area contributed by atoms with Crippen LogP contribution in [0.2, 0.25) is 0 Å². The molecule has 16 heavy (non-hydrogen) atoms. The number of rotatable bonds is 3. The zero-order valence-corrected chi connectivity index (χ0v) is 9.21. The smallest absolute Gasteiger partial charge is 0.254 e. The summed E-state index contributed by atoms with van der Waals surface area (Å²) in [6, 6.07) is 0. The molecule has 2 aromatic rings. The highest BCUT2D eigenvalue weighted by Gasteiger charge is 2.07. The third kappa shape index (κ3) is 2.28. The predicted molar refractivity (Wildman–Crippen MR) is 57.6 cm³/mol. The van der Waals surface area contributed by atoms with E-state index >= 15 is 0 Å². The van der Waals surface area contributed by atoms with E-state index in [0.29, 0.717) is 12.1 Å². The Balaban J connectivity index is 1.93. The first-order chi connectivity index (χ1) is 7.65. The van der Waals surface area contributed by atoms with Gasteiger partial charge < -0.3 is 5.32 Å². The molecule has 2 rings (SSSR count). The highest BCUT2D eigenvalue weighted by atomic mass is 16.1. The first-order valence-corrected chi connectivity index (χ1v) is 4.89. The van der Waals surface area contributed by atoms with Gasteiger partial charge in [-0.15, -0.1) is 0 Å². The number of nitrogens with zero attached hydrogens (tertiary/aromatic N) is 4. The van der Waals surface area contributed by atoms with Gasteiger partial charge in [0.15, 0.2) is 0 Å². The molecule has 0 saturated carbocycles. The lowest BCUT2D eigenvalue weighted by Gasteiger charge is -2.00. The first kappa shape index (κ1) is 10.4. The van der Waals surface area contributed by atoms with E-state index in [1.807, 2.05) is 13.2 Å². The SMILES string of the molecule is Cn1cc(CNC(=O)c2cnn(C)c2)cn1. The summed E-state index contributed by atoms with van der Waals surface area (Å²) in [5, 5.41) is 10.8. The van der Waals surface area contributed by atoms with E-state index in [2.05, 4.69) is 15.5 Å². The Hall–Kier alpha value is -2.11. The van der Waals surface area contributed by atoms with Crippen LogP contribution in [0.3, 0.4) is 0 Å². The van der Waals surface area contributed by atoms with E-state index in [0.717, 1.165) is 5.56 Å². The highest BCUT2D eigenvalue weighted by Crippen LogP contribution is 1.99. The van der Waals surface area contributed by atoms with Gasteiger partial charge in [0, 0.05) is 38.6 Å². The van der Waals surface area contributed by atoms with Crippen LogP contribution in [0.25, 0.3) is 0 Å². The Bertz CT molecular complexity index is 499. The molecule has 0 saturated heterocycles. The lowest BCUT2D eigenvalue weighted by atomic mass is 10.3. The molecule has 0 fully saturated rings. The number of hydrogen-bond acceptors (Lipinski definition) is 3. The van der Waals surface area contributed by atoms with Crippen molar-refractivity contribution in [2.75, 3.05) is 0 Å². The lowest BCUT2D eigenvalue weighted by molar-refractivity contribution is 0.0951. The summed E-state index contributed by atoms with van der Waals surface area (Å²) in [5.41, 5.74) is 1.53. The second-order valence-electron chi connectivity index (χ2n) is 3.61. The van der Waals surface area contributed by atoms with Gasteiger partial charge in [0.25, 0.3) is 5.91 Å². The van der Waals surface area contributed by atoms with Gasteiger partial charge in [-0.3, -0.25) is 14.2 Å². The van der Waals surface area contributed by atoms with Gasteiger partial charge in [-0.2, -0.15) is 10.2 Å². The van der Waals surface area contributed by atoms with Crippen LogP contribution < -0.4 is 5.32 Å². The fraction of sp³-hybridized carbons (Fsp3) is 0.300. The Morgan fingerprint density at radius 1 is 1.25 bits per heavy atom. The summed E-state index contributed by atoms with van der Waals surface area (Å²) >= 11 is 0. The minimum atomic E-state index is -0.128. The van der Waals surface area contributed by atoms with Gasteiger partial charge in [-0.1, -0.05) is 0 Å². The Morgan fingerprint density at radius 3 is 2.50 bits per heavy atom. The van der Waals surface area contributed by atoms with E-state index in [-0.39, 0.29) is 5.91 Å². The molecule has 0 radical (unpaired) electrons. The molecule has 0 aliphatic rings. The molecule has 0 atom stereocenters. The van der Waals surface area contributed by atoms with Crippen molar-refractivity contribution in [1.82, 2.24) is 24.9 Å². The van der Waals surface area contributed by atoms with Crippen LogP contribution in [0.1, 0.15) is 15.9 Å². The molecule has 2 heterocycles. The van der Waals surface area contributed by atoms with Crippen LogP contribution in [-0.2, 0) is 20.6 Å². The van der Waals surface area contributed by atoms with Crippen molar-refractivity contribution in [3.05, 3.63) is 35.9 Å². The zero-order valence-electron chi connectivity index (χ0n) is 9.21. The summed E-state index contributed by atoms with van der Waals surface area (Å²) in [6.45, 7) is 0.474. The standard InChI is InChI=1S/C10H13N5O/c1-14-6-8(4-12-14)3-11-10(16)9-5-13-15(2)7-9/h4-7H,3H2,1-2H3,(H,11,16). The second kappa shape index (κ2) is 4.18. The predicted octanol–water partition coefficient (Wildman–Crippen LogP) is 0.0836. The van der Waals surface area contributed by atoms with Crippen LogP contribution in [0, 0.1) is 0 Å². The van der Waals surface area contributed by atoms with E-state index in [4.69, 9.17) is 0 Å². The number of hydrogen-bond donors (Lipinski definition) is 1. The van der Waals surface area contributed by atoms with Crippen molar-refractivity contribution in [1.29, 1.82) is 0 Å². The molecule has 2 aromatic heterocycles. The van der Waals surface area contributed by atoms with Crippen LogP contribution in [0.5, 0.6) is 0 Å². The molecule has 6 nitrogen and oxygen atoms in total. The molecule has 1 amide bonds. The maximum atomic E-state index is 11.6. The molecule has 0 unspecified atom stereocenters. The van der Waals surface area contributed by atoms with Crippen LogP contribution >= 0.6 is 0 Å². The summed E-state index contributed by atoms with van der Waals surface area (Å²) in [6.07, 6.45) is 6.81. The third-order valence-electron chi connectivity index (χ3n) is 2.18. The van der Waals surface area contributed by atoms with Crippen molar-refractivity contribution < 1.29 is 4.79 Å². The normalized spacial score (nSPS) is 10.4. The molecule has 0 aromatic carbocycles. The molecule has 1 N–H and O–H groups in total. The van der Waals surface area contributed by atoms with Crippen molar-refractivity contribution in [3.8, 4) is 0 Å². The van der Waals surface area contributed by atoms with Crippen molar-refractivity contribution in [3.63, 3.8) is 0 Å². The highest BCUT2D eigenvalue weighted by molar-refractivity contribution is 5.93. The van der Waals surface area contributed by atoms with Gasteiger partial charge in [-0.05, 0) is 0 Å². The van der Waals surface area contributed by atoms with E-state index in [9.17, 15) is 4.79 Å². The number of carbonyl (C=O) groups excluding carboxylic acids is 1. The minimum absolute atomic E-state index is 0.128. The summed E-state index contributed by atoms with van der Waals surface area (Å²) in [5.74, 6) is -0.128. The molecular weight excluding hydrogens is 206 g/mol. The number of aromatic nitrogens is 4. The fourth-order valence-electron chi connectivity index (χ4n) is 1.39. The average Bonchev–Trinajstić information content (AvgIpc) is 2.84. The number of aryl methyl sites for hydroxylation is 2. The van der Waals surface area contributed by atoms with Gasteiger partial charge in [-0.25, -0.2) is 0 Å². The number of amides is 1. The molecule has 0 aliphatic heterocycles. The van der Waals surface area contributed by atoms with Gasteiger partial charge >= 0.3 is 0 Å². The zero-order chi connectivity index (χ0) is 11.5. The molecule has 0 bridgehead atoms. The van der Waals surface area contributed by atoms with E-state index in [1.165, 1.54) is 0 Å². The van der Waals surface area contributed by atoms with E-state index in [1.54, 1.807) is 35.0 Å². The van der Waals surface area contributed by atoms with Crippen molar-refractivity contribution in [2.45, 2.75) is 6.54 Å². The van der Waals surface area contributed by atoms with Crippen molar-refractivity contribution >= 4 is 5.91 Å². The molecule has 0 aliphatic carbocycles. The quantitative estimate of drug-likeness (QED) is 0.795. The largest absolute Gasteiger partial charge is 0.348 e. The first-order valence-electron chi connectivity index (χ1n) is 4.89. The number of nitrogens with one attached hydrogen (secondary N) is 1. The summed E-state index contributed by atoms with van der Waals surface area (Å²) in [7, 11) is 3.62. The summed E-state index contributed by atoms with van der Waals surface area (Å²) in [4.78, 5) is 11.6. The molecular formula is C10H13N5O. The van der Waals surface area contributed by atoms with Crippen LogP contribution in [0.4, 0.5) is 0 Å². The van der Waals surface area contributed by atoms with Crippen molar-refractivity contribution in [2.24, 2.45) is 14.1 Å². The molecule has 84 valence electrons. The molecule has 0 spiro atoms. The fourth-order valence-corrected chi connectivity index (χ4v) is 1.39. The monoisotopic (exact) mass is 219 g/mol. The Morgan fingerprint density at radius 2 is 1.94 bits per heavy atom. The minimum Gasteiger partial charge on any atom is -0.348 e. The topological polar surface area (TPSA) is 64.7 Å².